The molecule has 24 heavy (non-hydrogen) atoms. The van der Waals surface area contributed by atoms with Gasteiger partial charge in [-0.3, -0.25) is 4.79 Å². The maximum atomic E-state index is 12.2. The van der Waals surface area contributed by atoms with Gasteiger partial charge in [-0.1, -0.05) is 67.9 Å². The number of rotatable bonds is 2. The van der Waals surface area contributed by atoms with E-state index in [1.165, 1.54) is 5.56 Å². The minimum absolute atomic E-state index is 0.0430. The number of nitrogens with one attached hydrogen (secondary N) is 1. The van der Waals surface area contributed by atoms with Crippen molar-refractivity contribution in [2.24, 2.45) is 0 Å². The smallest absolute Gasteiger partial charge is 0.241 e. The molecule has 2 aromatic rings. The van der Waals surface area contributed by atoms with Gasteiger partial charge in [-0.05, 0) is 29.3 Å². The molecule has 2 aromatic carbocycles. The van der Waals surface area contributed by atoms with Crippen LogP contribution in [0, 0.1) is 0 Å². The Morgan fingerprint density at radius 3 is 2.62 bits per heavy atom. The van der Waals surface area contributed by atoms with E-state index < -0.39 is 5.66 Å². The summed E-state index contributed by atoms with van der Waals surface area (Å²) in [6, 6.07) is 16.0. The van der Waals surface area contributed by atoms with E-state index in [0.29, 0.717) is 11.6 Å². The second-order valence-electron chi connectivity index (χ2n) is 6.90. The van der Waals surface area contributed by atoms with Gasteiger partial charge in [0.2, 0.25) is 5.91 Å². The molecule has 0 aliphatic carbocycles. The maximum Gasteiger partial charge on any atom is 0.241 e. The van der Waals surface area contributed by atoms with Crippen LogP contribution >= 0.6 is 11.6 Å². The molecule has 0 radical (unpaired) electrons. The van der Waals surface area contributed by atoms with Crippen molar-refractivity contribution in [2.75, 3.05) is 11.4 Å². The van der Waals surface area contributed by atoms with Crippen LogP contribution in [-0.2, 0) is 10.2 Å². The van der Waals surface area contributed by atoms with Gasteiger partial charge in [-0.25, -0.2) is 0 Å². The van der Waals surface area contributed by atoms with E-state index in [1.807, 2.05) is 36.4 Å². The molecule has 0 aromatic heterocycles. The molecule has 1 atom stereocenters. The number of hydrogen-bond acceptors (Lipinski definition) is 2. The predicted molar refractivity (Wildman–Crippen MR) is 98.2 cm³/mol. The lowest BCUT2D eigenvalue weighted by molar-refractivity contribution is -0.118. The number of para-hydroxylation sites is 1. The van der Waals surface area contributed by atoms with Gasteiger partial charge in [-0.15, -0.1) is 0 Å². The zero-order chi connectivity index (χ0) is 16.9. The van der Waals surface area contributed by atoms with Gasteiger partial charge in [0.25, 0.3) is 0 Å². The molecular weight excluding hydrogens is 320 g/mol. The Balaban J connectivity index is 1.86. The standard InChI is InChI=1S/C20H19ClN2O/c1-19(2)15-8-4-6-10-17(15)23-13-18(24)22-20(19,23)12-11-14-7-3-5-9-16(14)21/h3-12H,13H2,1-2H3,(H,22,24)/b12-11+/t20-/m1/s1. The summed E-state index contributed by atoms with van der Waals surface area (Å²) in [4.78, 5) is 14.4. The second kappa shape index (κ2) is 5.12. The number of halogens is 1. The Labute approximate surface area is 146 Å². The zero-order valence-corrected chi connectivity index (χ0v) is 14.5. The molecule has 1 N–H and O–H groups in total. The molecule has 1 saturated heterocycles. The molecule has 0 spiro atoms. The molecule has 0 unspecified atom stereocenters. The zero-order valence-electron chi connectivity index (χ0n) is 13.7. The first-order valence-corrected chi connectivity index (χ1v) is 8.45. The molecule has 0 saturated carbocycles. The van der Waals surface area contributed by atoms with Crippen LogP contribution < -0.4 is 10.2 Å². The maximum absolute atomic E-state index is 12.2. The molecular formula is C20H19ClN2O. The first kappa shape index (κ1) is 15.3. The number of hydrogen-bond donors (Lipinski definition) is 1. The van der Waals surface area contributed by atoms with E-state index in [9.17, 15) is 4.79 Å². The molecule has 4 rings (SSSR count). The highest BCUT2D eigenvalue weighted by atomic mass is 35.5. The second-order valence-corrected chi connectivity index (χ2v) is 7.30. The van der Waals surface area contributed by atoms with Crippen molar-refractivity contribution in [3.63, 3.8) is 0 Å². The first-order chi connectivity index (χ1) is 11.5. The third kappa shape index (κ3) is 1.94. The summed E-state index contributed by atoms with van der Waals surface area (Å²) in [5, 5.41) is 3.92. The van der Waals surface area contributed by atoms with Crippen LogP contribution in [0.4, 0.5) is 5.69 Å². The summed E-state index contributed by atoms with van der Waals surface area (Å²) < 4.78 is 0. The first-order valence-electron chi connectivity index (χ1n) is 8.08. The van der Waals surface area contributed by atoms with E-state index >= 15 is 0 Å². The van der Waals surface area contributed by atoms with Gasteiger partial charge in [0, 0.05) is 16.1 Å². The van der Waals surface area contributed by atoms with Crippen LogP contribution in [0.1, 0.15) is 25.0 Å². The molecule has 1 fully saturated rings. The summed E-state index contributed by atoms with van der Waals surface area (Å²) in [5.41, 5.74) is 2.47. The van der Waals surface area contributed by atoms with Crippen molar-refractivity contribution in [3.8, 4) is 0 Å². The Bertz CT molecular complexity index is 858. The number of carbonyl (C=O) groups is 1. The van der Waals surface area contributed by atoms with Crippen molar-refractivity contribution in [2.45, 2.75) is 24.9 Å². The van der Waals surface area contributed by atoms with E-state index in [-0.39, 0.29) is 11.3 Å². The van der Waals surface area contributed by atoms with Crippen LogP contribution in [0.15, 0.2) is 54.6 Å². The third-order valence-electron chi connectivity index (χ3n) is 5.29. The van der Waals surface area contributed by atoms with Crippen LogP contribution in [-0.4, -0.2) is 18.1 Å². The molecule has 0 bridgehead atoms. The van der Waals surface area contributed by atoms with Gasteiger partial charge in [0.05, 0.1) is 6.54 Å². The lowest BCUT2D eigenvalue weighted by Gasteiger charge is -2.40. The highest BCUT2D eigenvalue weighted by Gasteiger charge is 2.59. The largest absolute Gasteiger partial charge is 0.335 e. The van der Waals surface area contributed by atoms with E-state index in [2.05, 4.69) is 48.3 Å². The molecule has 4 heteroatoms. The average Bonchev–Trinajstić information content (AvgIpc) is 2.99. The topological polar surface area (TPSA) is 32.3 Å². The fourth-order valence-corrected chi connectivity index (χ4v) is 4.16. The van der Waals surface area contributed by atoms with Crippen LogP contribution in [0.3, 0.4) is 0 Å². The van der Waals surface area contributed by atoms with Gasteiger partial charge in [-0.2, -0.15) is 0 Å². The number of amides is 1. The fraction of sp³-hybridized carbons (Fsp3) is 0.250. The van der Waals surface area contributed by atoms with Crippen LogP contribution in [0.2, 0.25) is 5.02 Å². The monoisotopic (exact) mass is 338 g/mol. The minimum Gasteiger partial charge on any atom is -0.335 e. The van der Waals surface area contributed by atoms with E-state index in [1.54, 1.807) is 0 Å². The minimum atomic E-state index is -0.576. The molecule has 3 nitrogen and oxygen atoms in total. The highest BCUT2D eigenvalue weighted by molar-refractivity contribution is 6.32. The lowest BCUT2D eigenvalue weighted by Crippen LogP contribution is -2.58. The predicted octanol–water partition coefficient (Wildman–Crippen LogP) is 3.98. The Morgan fingerprint density at radius 2 is 1.83 bits per heavy atom. The molecule has 1 amide bonds. The van der Waals surface area contributed by atoms with Crippen LogP contribution in [0.5, 0.6) is 0 Å². The van der Waals surface area contributed by atoms with Crippen molar-refractivity contribution < 1.29 is 4.79 Å². The van der Waals surface area contributed by atoms with E-state index in [0.717, 1.165) is 11.3 Å². The highest BCUT2D eigenvalue weighted by Crippen LogP contribution is 2.52. The fourth-order valence-electron chi connectivity index (χ4n) is 3.96. The number of benzene rings is 2. The lowest BCUT2D eigenvalue weighted by atomic mass is 9.75. The number of nitrogens with zero attached hydrogens (tertiary/aromatic N) is 1. The van der Waals surface area contributed by atoms with Gasteiger partial charge >= 0.3 is 0 Å². The van der Waals surface area contributed by atoms with Gasteiger partial charge in [0.1, 0.15) is 5.66 Å². The van der Waals surface area contributed by atoms with Gasteiger partial charge < -0.3 is 10.2 Å². The summed E-state index contributed by atoms with van der Waals surface area (Å²) in [7, 11) is 0. The average molecular weight is 339 g/mol. The van der Waals surface area contributed by atoms with Gasteiger partial charge in [0.15, 0.2) is 0 Å². The molecule has 2 heterocycles. The SMILES string of the molecule is CC1(C)c2ccccc2N2CC(=O)N[C@]21/C=C/c1ccccc1Cl. The summed E-state index contributed by atoms with van der Waals surface area (Å²) in [6.45, 7) is 4.72. The van der Waals surface area contributed by atoms with Crippen molar-refractivity contribution in [1.29, 1.82) is 0 Å². The number of carbonyl (C=O) groups excluding carboxylic acids is 1. The summed E-state index contributed by atoms with van der Waals surface area (Å²) in [5.74, 6) is 0.0430. The number of anilines is 1. The quantitative estimate of drug-likeness (QED) is 0.898. The third-order valence-corrected chi connectivity index (χ3v) is 5.63. The van der Waals surface area contributed by atoms with Crippen molar-refractivity contribution >= 4 is 29.3 Å². The van der Waals surface area contributed by atoms with Crippen molar-refractivity contribution in [3.05, 3.63) is 70.8 Å². The Morgan fingerprint density at radius 1 is 1.12 bits per heavy atom. The normalized spacial score (nSPS) is 24.1. The Kier molecular flexibility index (Phi) is 3.26. The van der Waals surface area contributed by atoms with Crippen LogP contribution in [0.25, 0.3) is 6.08 Å². The Hall–Kier alpha value is -2.26. The molecule has 2 aliphatic heterocycles. The molecule has 2 aliphatic rings. The van der Waals surface area contributed by atoms with Crippen molar-refractivity contribution in [1.82, 2.24) is 5.32 Å². The summed E-state index contributed by atoms with van der Waals surface area (Å²) >= 11 is 6.29. The number of fused-ring (bicyclic) bond motifs is 3. The summed E-state index contributed by atoms with van der Waals surface area (Å²) in [6.07, 6.45) is 4.09. The molecule has 122 valence electrons. The van der Waals surface area contributed by atoms with E-state index in [4.69, 9.17) is 11.6 Å².